The fourth-order valence-electron chi connectivity index (χ4n) is 2.49. The third-order valence-electron chi connectivity index (χ3n) is 3.68. The zero-order valence-corrected chi connectivity index (χ0v) is 12.6. The average Bonchev–Trinajstić information content (AvgIpc) is 2.81. The van der Waals surface area contributed by atoms with Gasteiger partial charge in [0.25, 0.3) is 17.7 Å². The first-order valence-electron chi connectivity index (χ1n) is 7.67. The van der Waals surface area contributed by atoms with E-state index < -0.39 is 23.8 Å². The maximum absolute atomic E-state index is 11.8. The molecule has 1 atom stereocenters. The normalized spacial score (nSPS) is 15.6. The molecule has 0 aromatic rings. The highest BCUT2D eigenvalue weighted by Crippen LogP contribution is 2.16. The summed E-state index contributed by atoms with van der Waals surface area (Å²) in [6.07, 6.45) is 10.6. The topological polar surface area (TPSA) is 92.5 Å². The van der Waals surface area contributed by atoms with Crippen LogP contribution in [0.15, 0.2) is 12.2 Å². The molecule has 1 heterocycles. The van der Waals surface area contributed by atoms with Gasteiger partial charge in [-0.05, 0) is 6.42 Å². The molecule has 1 rings (SSSR count). The van der Waals surface area contributed by atoms with Crippen LogP contribution in [0, 0.1) is 0 Å². The van der Waals surface area contributed by atoms with Crippen molar-refractivity contribution in [1.82, 2.24) is 10.3 Å². The summed E-state index contributed by atoms with van der Waals surface area (Å²) < 4.78 is 0. The Kier molecular flexibility index (Phi) is 7.68. The average molecular weight is 295 g/mol. The standard InChI is InChI=1S/C15H25N3O3/c1-2-3-4-5-6-7-8-9-12(15(21)17-16)18-13(19)10-11-14(18)20/h10-12H,2-9,16H2,1H3,(H,17,21). The predicted molar refractivity (Wildman–Crippen MR) is 79.7 cm³/mol. The van der Waals surface area contributed by atoms with Gasteiger partial charge in [-0.25, -0.2) is 5.84 Å². The highest BCUT2D eigenvalue weighted by Gasteiger charge is 2.34. The van der Waals surface area contributed by atoms with E-state index in [1.54, 1.807) is 0 Å². The fourth-order valence-corrected chi connectivity index (χ4v) is 2.49. The van der Waals surface area contributed by atoms with Gasteiger partial charge in [-0.3, -0.25) is 24.7 Å². The summed E-state index contributed by atoms with van der Waals surface area (Å²) in [5.74, 6) is 3.76. The summed E-state index contributed by atoms with van der Waals surface area (Å²) in [6, 6.07) is -0.805. The first kappa shape index (κ1) is 17.4. The summed E-state index contributed by atoms with van der Waals surface area (Å²) in [4.78, 5) is 36.1. The van der Waals surface area contributed by atoms with Crippen LogP contribution in [0.5, 0.6) is 0 Å². The number of carbonyl (C=O) groups excluding carboxylic acids is 3. The number of imide groups is 1. The molecule has 0 spiro atoms. The molecule has 0 radical (unpaired) electrons. The quantitative estimate of drug-likeness (QED) is 0.209. The van der Waals surface area contributed by atoms with E-state index in [0.29, 0.717) is 6.42 Å². The maximum Gasteiger partial charge on any atom is 0.257 e. The smallest absolute Gasteiger partial charge is 0.257 e. The molecule has 6 heteroatoms. The zero-order chi connectivity index (χ0) is 15.7. The largest absolute Gasteiger partial charge is 0.292 e. The Balaban J connectivity index is 2.40. The van der Waals surface area contributed by atoms with Crippen LogP contribution in [-0.4, -0.2) is 28.7 Å². The van der Waals surface area contributed by atoms with E-state index in [9.17, 15) is 14.4 Å². The van der Waals surface area contributed by atoms with Gasteiger partial charge >= 0.3 is 0 Å². The predicted octanol–water partition coefficient (Wildman–Crippen LogP) is 1.41. The van der Waals surface area contributed by atoms with Gasteiger partial charge in [0.1, 0.15) is 6.04 Å². The van der Waals surface area contributed by atoms with Crippen molar-refractivity contribution < 1.29 is 14.4 Å². The van der Waals surface area contributed by atoms with Crippen LogP contribution in [0.1, 0.15) is 58.3 Å². The van der Waals surface area contributed by atoms with Crippen LogP contribution in [0.2, 0.25) is 0 Å². The van der Waals surface area contributed by atoms with Crippen molar-refractivity contribution in [1.29, 1.82) is 0 Å². The van der Waals surface area contributed by atoms with Crippen molar-refractivity contribution in [2.24, 2.45) is 5.84 Å². The van der Waals surface area contributed by atoms with E-state index >= 15 is 0 Å². The van der Waals surface area contributed by atoms with E-state index in [0.717, 1.165) is 24.2 Å². The van der Waals surface area contributed by atoms with Gasteiger partial charge in [-0.2, -0.15) is 0 Å². The minimum Gasteiger partial charge on any atom is -0.292 e. The maximum atomic E-state index is 11.8. The summed E-state index contributed by atoms with van der Waals surface area (Å²) >= 11 is 0. The number of hydrogen-bond donors (Lipinski definition) is 2. The Morgan fingerprint density at radius 1 is 1.10 bits per heavy atom. The van der Waals surface area contributed by atoms with E-state index in [-0.39, 0.29) is 0 Å². The molecule has 1 unspecified atom stereocenters. The number of hydrazine groups is 1. The highest BCUT2D eigenvalue weighted by molar-refractivity contribution is 6.15. The molecular weight excluding hydrogens is 270 g/mol. The van der Waals surface area contributed by atoms with Gasteiger partial charge in [0.05, 0.1) is 0 Å². The number of carbonyl (C=O) groups is 3. The Hall–Kier alpha value is -1.69. The first-order valence-corrected chi connectivity index (χ1v) is 7.67. The minimum absolute atomic E-state index is 0.448. The molecule has 6 nitrogen and oxygen atoms in total. The Bertz CT molecular complexity index is 389. The van der Waals surface area contributed by atoms with Gasteiger partial charge < -0.3 is 0 Å². The Morgan fingerprint density at radius 3 is 2.14 bits per heavy atom. The van der Waals surface area contributed by atoms with Crippen LogP contribution in [0.3, 0.4) is 0 Å². The van der Waals surface area contributed by atoms with Crippen LogP contribution >= 0.6 is 0 Å². The van der Waals surface area contributed by atoms with Crippen molar-refractivity contribution in [2.45, 2.75) is 64.3 Å². The van der Waals surface area contributed by atoms with E-state index in [2.05, 4.69) is 6.92 Å². The Morgan fingerprint density at radius 2 is 1.62 bits per heavy atom. The van der Waals surface area contributed by atoms with Crippen LogP contribution in [0.4, 0.5) is 0 Å². The van der Waals surface area contributed by atoms with Gasteiger partial charge in [-0.15, -0.1) is 0 Å². The molecule has 1 aliphatic heterocycles. The lowest BCUT2D eigenvalue weighted by Crippen LogP contribution is -2.51. The monoisotopic (exact) mass is 295 g/mol. The van der Waals surface area contributed by atoms with Crippen LogP contribution in [-0.2, 0) is 14.4 Å². The second-order valence-corrected chi connectivity index (χ2v) is 5.31. The molecule has 3 N–H and O–H groups in total. The molecule has 118 valence electrons. The number of amides is 3. The number of nitrogens with two attached hydrogens (primary N) is 1. The molecule has 0 aromatic heterocycles. The molecule has 0 saturated heterocycles. The number of unbranched alkanes of at least 4 members (excludes halogenated alkanes) is 6. The van der Waals surface area contributed by atoms with Gasteiger partial charge in [-0.1, -0.05) is 51.9 Å². The summed E-state index contributed by atoms with van der Waals surface area (Å²) in [5, 5.41) is 0. The van der Waals surface area contributed by atoms with E-state index in [4.69, 9.17) is 5.84 Å². The molecule has 0 aliphatic carbocycles. The van der Waals surface area contributed by atoms with Gasteiger partial charge in [0.2, 0.25) is 0 Å². The number of hydrogen-bond acceptors (Lipinski definition) is 4. The van der Waals surface area contributed by atoms with Crippen molar-refractivity contribution in [2.75, 3.05) is 0 Å². The molecule has 0 fully saturated rings. The van der Waals surface area contributed by atoms with Crippen molar-refractivity contribution in [3.63, 3.8) is 0 Å². The molecule has 0 bridgehead atoms. The van der Waals surface area contributed by atoms with Crippen molar-refractivity contribution in [3.8, 4) is 0 Å². The first-order chi connectivity index (χ1) is 10.1. The van der Waals surface area contributed by atoms with Gasteiger partial charge in [0, 0.05) is 12.2 Å². The molecule has 1 aliphatic rings. The minimum atomic E-state index is -0.805. The number of rotatable bonds is 10. The second kappa shape index (κ2) is 9.28. The molecule has 0 aromatic carbocycles. The summed E-state index contributed by atoms with van der Waals surface area (Å²) in [5.41, 5.74) is 2.04. The number of nitrogens with one attached hydrogen (secondary N) is 1. The fraction of sp³-hybridized carbons (Fsp3) is 0.667. The molecule has 0 saturated carbocycles. The van der Waals surface area contributed by atoms with Crippen LogP contribution < -0.4 is 11.3 Å². The molecular formula is C15H25N3O3. The van der Waals surface area contributed by atoms with Crippen LogP contribution in [0.25, 0.3) is 0 Å². The Labute approximate surface area is 125 Å². The lowest BCUT2D eigenvalue weighted by atomic mass is 10.0. The van der Waals surface area contributed by atoms with Crippen molar-refractivity contribution >= 4 is 17.7 Å². The van der Waals surface area contributed by atoms with Crippen molar-refractivity contribution in [3.05, 3.63) is 12.2 Å². The SMILES string of the molecule is CCCCCCCCCC(C(=O)NN)N1C(=O)C=CC1=O. The summed E-state index contributed by atoms with van der Waals surface area (Å²) in [6.45, 7) is 2.17. The van der Waals surface area contributed by atoms with Gasteiger partial charge in [0.15, 0.2) is 0 Å². The molecule has 21 heavy (non-hydrogen) atoms. The summed E-state index contributed by atoms with van der Waals surface area (Å²) in [7, 11) is 0. The number of nitrogens with zero attached hydrogens (tertiary/aromatic N) is 1. The third-order valence-corrected chi connectivity index (χ3v) is 3.68. The van der Waals surface area contributed by atoms with E-state index in [1.807, 2.05) is 5.43 Å². The van der Waals surface area contributed by atoms with E-state index in [1.165, 1.54) is 37.8 Å². The lowest BCUT2D eigenvalue weighted by molar-refractivity contribution is -0.145. The second-order valence-electron chi connectivity index (χ2n) is 5.31. The third kappa shape index (κ3) is 5.30. The lowest BCUT2D eigenvalue weighted by Gasteiger charge is -2.24. The highest BCUT2D eigenvalue weighted by atomic mass is 16.2. The molecule has 3 amide bonds. The zero-order valence-electron chi connectivity index (χ0n) is 12.6.